The number of alkyl halides is 3. The lowest BCUT2D eigenvalue weighted by Gasteiger charge is -2.19. The zero-order chi connectivity index (χ0) is 24.2. The van der Waals surface area contributed by atoms with Crippen LogP contribution in [0.1, 0.15) is 27.4 Å². The van der Waals surface area contributed by atoms with Crippen LogP contribution in [-0.2, 0) is 27.8 Å². The first-order valence-electron chi connectivity index (χ1n) is 9.43. The van der Waals surface area contributed by atoms with Gasteiger partial charge in [-0.2, -0.15) is 21.6 Å². The number of benzene rings is 2. The number of ether oxygens (including phenoxy) is 1. The molecular weight excluding hydrogens is 468 g/mol. The molecule has 0 N–H and O–H groups in total. The summed E-state index contributed by atoms with van der Waals surface area (Å²) in [4.78, 5) is 15.9. The van der Waals surface area contributed by atoms with Crippen molar-refractivity contribution in [1.82, 2.24) is 9.55 Å². The number of aromatic nitrogens is 2. The lowest BCUT2D eigenvalue weighted by atomic mass is 9.91. The van der Waals surface area contributed by atoms with Gasteiger partial charge in [0.15, 0.2) is 5.75 Å². The van der Waals surface area contributed by atoms with Crippen molar-refractivity contribution in [1.29, 1.82) is 0 Å². The number of esters is 1. The summed E-state index contributed by atoms with van der Waals surface area (Å²) < 4.78 is 85.5. The molecule has 1 atom stereocenters. The summed E-state index contributed by atoms with van der Waals surface area (Å²) in [6.45, 7) is 0.390. The fourth-order valence-corrected chi connectivity index (χ4v) is 3.63. The van der Waals surface area contributed by atoms with E-state index >= 15 is 0 Å². The number of methoxy groups -OCH3 is 1. The van der Waals surface area contributed by atoms with E-state index in [0.29, 0.717) is 12.1 Å². The molecule has 1 aromatic heterocycles. The largest absolute Gasteiger partial charge is 0.534 e. The molecule has 0 saturated carbocycles. The van der Waals surface area contributed by atoms with Gasteiger partial charge in [-0.1, -0.05) is 18.2 Å². The van der Waals surface area contributed by atoms with Crippen LogP contribution < -0.4 is 4.18 Å². The fraction of sp³-hybridized carbons (Fsp3) is 0.238. The Morgan fingerprint density at radius 1 is 1.15 bits per heavy atom. The van der Waals surface area contributed by atoms with Gasteiger partial charge in [0, 0.05) is 24.9 Å². The minimum Gasteiger partial charge on any atom is -0.465 e. The van der Waals surface area contributed by atoms with Crippen molar-refractivity contribution in [3.8, 4) is 5.75 Å². The number of hydrogen-bond donors (Lipinski definition) is 0. The predicted octanol–water partition coefficient (Wildman–Crippen LogP) is 4.06. The standard InChI is InChI=1S/C21H18F4N2O5S/c1-31-20(28)18-7-2-14(11-19(18)32-33(29,30)21(23,24)25)10-16(12-27-9-8-26-13-27)15-3-5-17(22)6-4-15/h2-9,11,13,16H,10,12H2,1H3. The first-order valence-corrected chi connectivity index (χ1v) is 10.8. The van der Waals surface area contributed by atoms with E-state index in [0.717, 1.165) is 24.8 Å². The highest BCUT2D eigenvalue weighted by atomic mass is 32.2. The highest BCUT2D eigenvalue weighted by molar-refractivity contribution is 7.88. The van der Waals surface area contributed by atoms with Crippen LogP contribution in [-0.4, -0.2) is 36.6 Å². The van der Waals surface area contributed by atoms with Gasteiger partial charge in [-0.05, 0) is 41.8 Å². The summed E-state index contributed by atoms with van der Waals surface area (Å²) in [6.07, 6.45) is 5.05. The number of nitrogens with zero attached hydrogens (tertiary/aromatic N) is 2. The van der Waals surface area contributed by atoms with Gasteiger partial charge in [-0.3, -0.25) is 0 Å². The van der Waals surface area contributed by atoms with Gasteiger partial charge in [0.25, 0.3) is 0 Å². The average Bonchev–Trinajstić information content (AvgIpc) is 3.25. The molecule has 0 radical (unpaired) electrons. The van der Waals surface area contributed by atoms with Crippen molar-refractivity contribution in [2.45, 2.75) is 24.4 Å². The topological polar surface area (TPSA) is 87.5 Å². The smallest absolute Gasteiger partial charge is 0.465 e. The van der Waals surface area contributed by atoms with Crippen LogP contribution in [0.5, 0.6) is 5.75 Å². The Labute approximate surface area is 186 Å². The molecule has 1 unspecified atom stereocenters. The van der Waals surface area contributed by atoms with E-state index in [1.807, 2.05) is 0 Å². The van der Waals surface area contributed by atoms with Crippen LogP contribution >= 0.6 is 0 Å². The van der Waals surface area contributed by atoms with E-state index in [1.165, 1.54) is 18.2 Å². The molecule has 12 heteroatoms. The van der Waals surface area contributed by atoms with Crippen molar-refractivity contribution in [3.05, 3.63) is 83.7 Å². The van der Waals surface area contributed by atoms with E-state index in [-0.39, 0.29) is 12.3 Å². The first-order chi connectivity index (χ1) is 15.5. The van der Waals surface area contributed by atoms with Crippen molar-refractivity contribution < 1.29 is 39.7 Å². The van der Waals surface area contributed by atoms with Crippen molar-refractivity contribution in [3.63, 3.8) is 0 Å². The zero-order valence-corrected chi connectivity index (χ0v) is 17.9. The van der Waals surface area contributed by atoms with Crippen LogP contribution in [0, 0.1) is 5.82 Å². The molecule has 0 aliphatic rings. The van der Waals surface area contributed by atoms with Crippen LogP contribution in [0.4, 0.5) is 17.6 Å². The molecule has 0 amide bonds. The average molecular weight is 486 g/mol. The molecule has 3 aromatic rings. The molecule has 176 valence electrons. The number of rotatable bonds is 8. The summed E-state index contributed by atoms with van der Waals surface area (Å²) in [5.41, 5.74) is -5.06. The maximum Gasteiger partial charge on any atom is 0.534 e. The number of imidazole rings is 1. The monoisotopic (exact) mass is 486 g/mol. The highest BCUT2D eigenvalue weighted by Gasteiger charge is 2.49. The number of hydrogen-bond acceptors (Lipinski definition) is 6. The Morgan fingerprint density at radius 3 is 2.42 bits per heavy atom. The summed E-state index contributed by atoms with van der Waals surface area (Å²) in [7, 11) is -5.03. The van der Waals surface area contributed by atoms with Crippen molar-refractivity contribution in [2.24, 2.45) is 0 Å². The molecule has 1 heterocycles. The third-order valence-electron chi connectivity index (χ3n) is 4.75. The molecule has 0 bridgehead atoms. The van der Waals surface area contributed by atoms with Gasteiger partial charge in [-0.15, -0.1) is 0 Å². The molecule has 0 saturated heterocycles. The first kappa shape index (κ1) is 24.2. The van der Waals surface area contributed by atoms with Crippen molar-refractivity contribution >= 4 is 16.1 Å². The lowest BCUT2D eigenvalue weighted by Crippen LogP contribution is -2.28. The second-order valence-electron chi connectivity index (χ2n) is 7.02. The summed E-state index contributed by atoms with van der Waals surface area (Å²) in [5, 5.41) is 0. The number of halogens is 4. The zero-order valence-electron chi connectivity index (χ0n) is 17.1. The van der Waals surface area contributed by atoms with E-state index in [4.69, 9.17) is 0 Å². The van der Waals surface area contributed by atoms with Crippen LogP contribution in [0.3, 0.4) is 0 Å². The van der Waals surface area contributed by atoms with Crippen LogP contribution in [0.2, 0.25) is 0 Å². The van der Waals surface area contributed by atoms with Crippen LogP contribution in [0.15, 0.2) is 61.2 Å². The second-order valence-corrected chi connectivity index (χ2v) is 8.56. The Balaban J connectivity index is 1.98. The van der Waals surface area contributed by atoms with E-state index in [9.17, 15) is 30.8 Å². The SMILES string of the molecule is COC(=O)c1ccc(CC(Cn2ccnc2)c2ccc(F)cc2)cc1OS(=O)(=O)C(F)(F)F. The van der Waals surface area contributed by atoms with Gasteiger partial charge in [0.1, 0.15) is 11.4 Å². The minimum atomic E-state index is -6.02. The quantitative estimate of drug-likeness (QED) is 0.207. The van der Waals surface area contributed by atoms with E-state index in [1.54, 1.807) is 35.4 Å². The number of carbonyl (C=O) groups excluding carboxylic acids is 1. The Kier molecular flexibility index (Phi) is 7.06. The lowest BCUT2D eigenvalue weighted by molar-refractivity contribution is -0.0500. The van der Waals surface area contributed by atoms with Crippen molar-refractivity contribution in [2.75, 3.05) is 7.11 Å². The summed E-state index contributed by atoms with van der Waals surface area (Å²) in [6, 6.07) is 9.32. The maximum absolute atomic E-state index is 13.4. The molecule has 2 aromatic carbocycles. The van der Waals surface area contributed by atoms with E-state index < -0.39 is 38.7 Å². The van der Waals surface area contributed by atoms with Gasteiger partial charge >= 0.3 is 21.6 Å². The minimum absolute atomic E-state index is 0.202. The van der Waals surface area contributed by atoms with Gasteiger partial charge in [0.2, 0.25) is 0 Å². The molecular formula is C21H18F4N2O5S. The van der Waals surface area contributed by atoms with Gasteiger partial charge in [0.05, 0.1) is 13.4 Å². The van der Waals surface area contributed by atoms with Crippen LogP contribution in [0.25, 0.3) is 0 Å². The third-order valence-corrected chi connectivity index (χ3v) is 5.71. The molecule has 0 aliphatic carbocycles. The normalized spacial score (nSPS) is 12.9. The van der Waals surface area contributed by atoms with Gasteiger partial charge in [-0.25, -0.2) is 14.2 Å². The number of carbonyl (C=O) groups is 1. The second kappa shape index (κ2) is 9.61. The molecule has 0 spiro atoms. The third kappa shape index (κ3) is 5.89. The molecule has 3 rings (SSSR count). The molecule has 0 fully saturated rings. The Bertz CT molecular complexity index is 1210. The maximum atomic E-state index is 13.4. The Morgan fingerprint density at radius 2 is 1.85 bits per heavy atom. The molecule has 0 aliphatic heterocycles. The predicted molar refractivity (Wildman–Crippen MR) is 108 cm³/mol. The molecule has 7 nitrogen and oxygen atoms in total. The Hall–Kier alpha value is -3.41. The highest BCUT2D eigenvalue weighted by Crippen LogP contribution is 2.32. The summed E-state index contributed by atoms with van der Waals surface area (Å²) >= 11 is 0. The summed E-state index contributed by atoms with van der Waals surface area (Å²) in [5.74, 6) is -2.61. The van der Waals surface area contributed by atoms with Gasteiger partial charge < -0.3 is 13.5 Å². The fourth-order valence-electron chi connectivity index (χ4n) is 3.16. The van der Waals surface area contributed by atoms with E-state index in [2.05, 4.69) is 13.9 Å². The molecule has 33 heavy (non-hydrogen) atoms.